The molecule has 0 spiro atoms. The molecule has 100 valence electrons. The first-order valence-electron chi connectivity index (χ1n) is 6.46. The maximum atomic E-state index is 13.1. The third kappa shape index (κ3) is 3.43. The minimum atomic E-state index is -0.322. The highest BCUT2D eigenvalue weighted by Crippen LogP contribution is 2.25. The Balaban J connectivity index is 1.90. The zero-order valence-corrected chi connectivity index (χ0v) is 10.7. The lowest BCUT2D eigenvalue weighted by Gasteiger charge is -2.24. The number of hydrogen-bond donors (Lipinski definition) is 2. The lowest BCUT2D eigenvalue weighted by Crippen LogP contribution is -2.30. The van der Waals surface area contributed by atoms with Gasteiger partial charge in [0.25, 0.3) is 0 Å². The van der Waals surface area contributed by atoms with Crippen LogP contribution in [0.1, 0.15) is 31.4 Å². The van der Waals surface area contributed by atoms with E-state index in [2.05, 4.69) is 5.32 Å². The average molecular weight is 253 g/mol. The summed E-state index contributed by atoms with van der Waals surface area (Å²) in [7, 11) is 0. The fourth-order valence-corrected chi connectivity index (χ4v) is 2.29. The van der Waals surface area contributed by atoms with Crippen molar-refractivity contribution in [2.24, 2.45) is 5.92 Å². The molecule has 2 unspecified atom stereocenters. The van der Waals surface area contributed by atoms with Crippen molar-refractivity contribution >= 4 is 0 Å². The molecule has 0 bridgehead atoms. The van der Waals surface area contributed by atoms with Crippen LogP contribution >= 0.6 is 0 Å². The van der Waals surface area contributed by atoms with Gasteiger partial charge in [0.2, 0.25) is 0 Å². The van der Waals surface area contributed by atoms with Gasteiger partial charge in [-0.3, -0.25) is 0 Å². The van der Waals surface area contributed by atoms with Crippen molar-refractivity contribution in [3.05, 3.63) is 29.6 Å². The molecule has 1 saturated heterocycles. The minimum Gasteiger partial charge on any atom is -0.508 e. The van der Waals surface area contributed by atoms with E-state index in [4.69, 9.17) is 4.74 Å². The van der Waals surface area contributed by atoms with Crippen molar-refractivity contribution in [1.82, 2.24) is 5.32 Å². The number of ether oxygens (including phenoxy) is 1. The summed E-state index contributed by atoms with van der Waals surface area (Å²) in [5, 5.41) is 13.0. The van der Waals surface area contributed by atoms with E-state index >= 15 is 0 Å². The smallest absolute Gasteiger partial charge is 0.123 e. The van der Waals surface area contributed by atoms with Crippen molar-refractivity contribution in [1.29, 1.82) is 0 Å². The lowest BCUT2D eigenvalue weighted by atomic mass is 10.0. The van der Waals surface area contributed by atoms with Crippen LogP contribution in [0, 0.1) is 11.7 Å². The molecule has 1 heterocycles. The number of benzene rings is 1. The standard InChI is InChI=1S/C14H20FNO2/c1-10(13-7-12(15)4-5-14(13)17)16-8-11-3-2-6-18-9-11/h4-5,7,10-11,16-17H,2-3,6,8-9H2,1H3. The van der Waals surface area contributed by atoms with Gasteiger partial charge in [-0.15, -0.1) is 0 Å². The summed E-state index contributed by atoms with van der Waals surface area (Å²) in [6.45, 7) is 4.40. The van der Waals surface area contributed by atoms with Crippen molar-refractivity contribution < 1.29 is 14.2 Å². The van der Waals surface area contributed by atoms with E-state index in [1.54, 1.807) is 0 Å². The van der Waals surface area contributed by atoms with Gasteiger partial charge in [-0.2, -0.15) is 0 Å². The molecule has 3 nitrogen and oxygen atoms in total. The predicted molar refractivity (Wildman–Crippen MR) is 68.0 cm³/mol. The van der Waals surface area contributed by atoms with Crippen molar-refractivity contribution in [3.63, 3.8) is 0 Å². The molecule has 1 aromatic carbocycles. The van der Waals surface area contributed by atoms with Crippen LogP contribution in [0.4, 0.5) is 4.39 Å². The highest BCUT2D eigenvalue weighted by molar-refractivity contribution is 5.34. The Labute approximate surface area is 107 Å². The van der Waals surface area contributed by atoms with Gasteiger partial charge in [-0.05, 0) is 43.9 Å². The van der Waals surface area contributed by atoms with Gasteiger partial charge < -0.3 is 15.2 Å². The normalized spacial score (nSPS) is 21.8. The minimum absolute atomic E-state index is 0.0670. The fourth-order valence-electron chi connectivity index (χ4n) is 2.29. The third-order valence-electron chi connectivity index (χ3n) is 3.42. The number of aromatic hydroxyl groups is 1. The van der Waals surface area contributed by atoms with Crippen LogP contribution in [-0.2, 0) is 4.74 Å². The van der Waals surface area contributed by atoms with Gasteiger partial charge in [0, 0.05) is 24.8 Å². The summed E-state index contributed by atoms with van der Waals surface area (Å²) < 4.78 is 18.6. The Morgan fingerprint density at radius 2 is 2.39 bits per heavy atom. The maximum absolute atomic E-state index is 13.1. The summed E-state index contributed by atoms with van der Waals surface area (Å²) in [5.41, 5.74) is 0.603. The van der Waals surface area contributed by atoms with Gasteiger partial charge in [0.15, 0.2) is 0 Å². The van der Waals surface area contributed by atoms with E-state index in [-0.39, 0.29) is 17.6 Å². The largest absolute Gasteiger partial charge is 0.508 e. The molecule has 4 heteroatoms. The first-order chi connectivity index (χ1) is 8.66. The second-order valence-electron chi connectivity index (χ2n) is 4.92. The molecule has 1 fully saturated rings. The lowest BCUT2D eigenvalue weighted by molar-refractivity contribution is 0.0540. The molecule has 0 amide bonds. The highest BCUT2D eigenvalue weighted by atomic mass is 19.1. The van der Waals surface area contributed by atoms with E-state index < -0.39 is 0 Å². The molecule has 1 aliphatic heterocycles. The number of rotatable bonds is 4. The van der Waals surface area contributed by atoms with Gasteiger partial charge >= 0.3 is 0 Å². The number of nitrogens with one attached hydrogen (secondary N) is 1. The number of phenolic OH excluding ortho intramolecular Hbond substituents is 1. The number of hydrogen-bond acceptors (Lipinski definition) is 3. The zero-order chi connectivity index (χ0) is 13.0. The van der Waals surface area contributed by atoms with E-state index in [0.717, 1.165) is 32.6 Å². The molecule has 0 aliphatic carbocycles. The van der Waals surface area contributed by atoms with Crippen LogP contribution in [0.3, 0.4) is 0 Å². The predicted octanol–water partition coefficient (Wildman–Crippen LogP) is 2.61. The van der Waals surface area contributed by atoms with E-state index in [1.165, 1.54) is 18.2 Å². The van der Waals surface area contributed by atoms with Crippen LogP contribution in [0.15, 0.2) is 18.2 Å². The van der Waals surface area contributed by atoms with Crippen molar-refractivity contribution in [3.8, 4) is 5.75 Å². The first kappa shape index (κ1) is 13.3. The Hall–Kier alpha value is -1.13. The fraction of sp³-hybridized carbons (Fsp3) is 0.571. The first-order valence-corrected chi connectivity index (χ1v) is 6.46. The second kappa shape index (κ2) is 6.16. The maximum Gasteiger partial charge on any atom is 0.123 e. The molecule has 0 radical (unpaired) electrons. The summed E-state index contributed by atoms with van der Waals surface area (Å²) in [6.07, 6.45) is 2.26. The van der Waals surface area contributed by atoms with Crippen molar-refractivity contribution in [2.45, 2.75) is 25.8 Å². The van der Waals surface area contributed by atoms with E-state index in [0.29, 0.717) is 11.5 Å². The molecule has 0 aromatic heterocycles. The molecular weight excluding hydrogens is 233 g/mol. The quantitative estimate of drug-likeness (QED) is 0.866. The second-order valence-corrected chi connectivity index (χ2v) is 4.92. The van der Waals surface area contributed by atoms with Gasteiger partial charge in [-0.1, -0.05) is 0 Å². The highest BCUT2D eigenvalue weighted by Gasteiger charge is 2.16. The Morgan fingerprint density at radius 3 is 3.11 bits per heavy atom. The Morgan fingerprint density at radius 1 is 1.56 bits per heavy atom. The topological polar surface area (TPSA) is 41.5 Å². The number of halogens is 1. The molecule has 2 atom stereocenters. The van der Waals surface area contributed by atoms with Gasteiger partial charge in [0.1, 0.15) is 11.6 Å². The Bertz CT molecular complexity index is 391. The molecular formula is C14H20FNO2. The monoisotopic (exact) mass is 253 g/mol. The van der Waals surface area contributed by atoms with Crippen LogP contribution in [0.2, 0.25) is 0 Å². The average Bonchev–Trinajstić information content (AvgIpc) is 2.40. The van der Waals surface area contributed by atoms with Gasteiger partial charge in [-0.25, -0.2) is 4.39 Å². The SMILES string of the molecule is CC(NCC1CCCOC1)c1cc(F)ccc1O. The molecule has 1 aliphatic rings. The van der Waals surface area contributed by atoms with Crippen LogP contribution in [0.25, 0.3) is 0 Å². The summed E-state index contributed by atoms with van der Waals surface area (Å²) in [5.74, 6) is 0.325. The zero-order valence-electron chi connectivity index (χ0n) is 10.7. The van der Waals surface area contributed by atoms with Gasteiger partial charge in [0.05, 0.1) is 6.61 Å². The van der Waals surface area contributed by atoms with E-state index in [1.807, 2.05) is 6.92 Å². The third-order valence-corrected chi connectivity index (χ3v) is 3.42. The van der Waals surface area contributed by atoms with Crippen LogP contribution in [-0.4, -0.2) is 24.9 Å². The molecule has 1 aromatic rings. The Kier molecular flexibility index (Phi) is 4.55. The molecule has 2 N–H and O–H groups in total. The van der Waals surface area contributed by atoms with E-state index in [9.17, 15) is 9.50 Å². The molecule has 18 heavy (non-hydrogen) atoms. The van der Waals surface area contributed by atoms with Crippen LogP contribution < -0.4 is 5.32 Å². The summed E-state index contributed by atoms with van der Waals surface area (Å²) in [6, 6.07) is 3.97. The van der Waals surface area contributed by atoms with Crippen molar-refractivity contribution in [2.75, 3.05) is 19.8 Å². The number of phenols is 1. The molecule has 0 saturated carbocycles. The summed E-state index contributed by atoms with van der Waals surface area (Å²) >= 11 is 0. The van der Waals surface area contributed by atoms with Crippen LogP contribution in [0.5, 0.6) is 5.75 Å². The molecule has 2 rings (SSSR count). The summed E-state index contributed by atoms with van der Waals surface area (Å²) in [4.78, 5) is 0.